The molecular weight excluding hydrogens is 290 g/mol. The highest BCUT2D eigenvalue weighted by Gasteiger charge is 2.13. The Labute approximate surface area is 130 Å². The smallest absolute Gasteiger partial charge is 0.319 e. The van der Waals surface area contributed by atoms with Crippen LogP contribution in [0.15, 0.2) is 18.2 Å². The number of likely N-dealkylation sites (tertiary alicyclic amines) is 1. The van der Waals surface area contributed by atoms with Gasteiger partial charge in [0.15, 0.2) is 0 Å². The van der Waals surface area contributed by atoms with E-state index in [9.17, 15) is 4.79 Å². The fraction of sp³-hybridized carbons (Fsp3) is 0.533. The van der Waals surface area contributed by atoms with E-state index in [1.165, 1.54) is 32.4 Å². The van der Waals surface area contributed by atoms with Crippen molar-refractivity contribution in [2.45, 2.75) is 19.3 Å². The number of amides is 2. The van der Waals surface area contributed by atoms with Gasteiger partial charge in [-0.2, -0.15) is 0 Å². The van der Waals surface area contributed by atoms with Crippen molar-refractivity contribution in [3.05, 3.63) is 23.2 Å². The van der Waals surface area contributed by atoms with E-state index in [1.807, 2.05) is 0 Å². The zero-order valence-corrected chi connectivity index (χ0v) is 13.1. The maximum absolute atomic E-state index is 11.9. The van der Waals surface area contributed by atoms with Gasteiger partial charge < -0.3 is 20.3 Å². The maximum atomic E-state index is 11.9. The summed E-state index contributed by atoms with van der Waals surface area (Å²) in [7, 11) is 1.56. The quantitative estimate of drug-likeness (QED) is 0.772. The van der Waals surface area contributed by atoms with Crippen LogP contribution in [0.2, 0.25) is 5.02 Å². The van der Waals surface area contributed by atoms with E-state index >= 15 is 0 Å². The van der Waals surface area contributed by atoms with Gasteiger partial charge in [0.25, 0.3) is 0 Å². The second-order valence-electron chi connectivity index (χ2n) is 5.29. The Morgan fingerprint density at radius 2 is 2.10 bits per heavy atom. The molecule has 1 aliphatic heterocycles. The molecule has 5 nitrogen and oxygen atoms in total. The van der Waals surface area contributed by atoms with Gasteiger partial charge in [0.1, 0.15) is 5.75 Å². The minimum atomic E-state index is -0.230. The highest BCUT2D eigenvalue weighted by atomic mass is 35.5. The van der Waals surface area contributed by atoms with Crippen molar-refractivity contribution < 1.29 is 14.4 Å². The molecule has 1 aromatic rings. The predicted octanol–water partition coefficient (Wildman–Crippen LogP) is 1.54. The summed E-state index contributed by atoms with van der Waals surface area (Å²) in [5.41, 5.74) is 0.577. The van der Waals surface area contributed by atoms with Crippen LogP contribution >= 0.6 is 11.6 Å². The normalized spacial score (nSPS) is 15.5. The number of piperidine rings is 1. The highest BCUT2D eigenvalue weighted by molar-refractivity contribution is 6.31. The second kappa shape index (κ2) is 8.10. The third-order valence-electron chi connectivity index (χ3n) is 3.73. The number of halogens is 1. The van der Waals surface area contributed by atoms with Crippen LogP contribution in [0.1, 0.15) is 19.3 Å². The van der Waals surface area contributed by atoms with Crippen LogP contribution < -0.4 is 20.3 Å². The van der Waals surface area contributed by atoms with Crippen LogP contribution in [-0.4, -0.2) is 39.3 Å². The van der Waals surface area contributed by atoms with Crippen molar-refractivity contribution in [2.24, 2.45) is 0 Å². The van der Waals surface area contributed by atoms with Gasteiger partial charge in [-0.15, -0.1) is 0 Å². The number of ether oxygens (including phenoxy) is 1. The third kappa shape index (κ3) is 5.10. The fourth-order valence-corrected chi connectivity index (χ4v) is 2.77. The summed E-state index contributed by atoms with van der Waals surface area (Å²) < 4.78 is 5.20. The third-order valence-corrected chi connectivity index (χ3v) is 3.97. The number of anilines is 1. The lowest BCUT2D eigenvalue weighted by Gasteiger charge is -2.23. The van der Waals surface area contributed by atoms with Crippen LogP contribution in [0.3, 0.4) is 0 Å². The minimum Gasteiger partial charge on any atom is -0.495 e. The van der Waals surface area contributed by atoms with E-state index in [4.69, 9.17) is 16.3 Å². The second-order valence-corrected chi connectivity index (χ2v) is 5.72. The SMILES string of the molecule is COc1ccc(Cl)cc1NC(=O)NCC[NH+]1CCCCC1. The van der Waals surface area contributed by atoms with Crippen molar-refractivity contribution in [1.29, 1.82) is 0 Å². The Bertz CT molecular complexity index is 476. The van der Waals surface area contributed by atoms with E-state index in [0.717, 1.165) is 6.54 Å². The summed E-state index contributed by atoms with van der Waals surface area (Å²) >= 11 is 5.93. The van der Waals surface area contributed by atoms with Gasteiger partial charge in [-0.1, -0.05) is 11.6 Å². The molecule has 0 radical (unpaired) electrons. The van der Waals surface area contributed by atoms with Gasteiger partial charge in [-0.3, -0.25) is 0 Å². The molecule has 2 rings (SSSR count). The largest absolute Gasteiger partial charge is 0.495 e. The molecule has 0 unspecified atom stereocenters. The van der Waals surface area contributed by atoms with Gasteiger partial charge in [0.05, 0.1) is 39.0 Å². The number of benzene rings is 1. The first-order chi connectivity index (χ1) is 10.2. The van der Waals surface area contributed by atoms with Crippen LogP contribution in [0.4, 0.5) is 10.5 Å². The minimum absolute atomic E-state index is 0.230. The summed E-state index contributed by atoms with van der Waals surface area (Å²) in [5, 5.41) is 6.21. The molecule has 1 aliphatic rings. The van der Waals surface area contributed by atoms with E-state index in [0.29, 0.717) is 23.0 Å². The first-order valence-corrected chi connectivity index (χ1v) is 7.79. The topological polar surface area (TPSA) is 54.8 Å². The number of rotatable bonds is 5. The molecule has 1 heterocycles. The van der Waals surface area contributed by atoms with Gasteiger partial charge in [0, 0.05) is 5.02 Å². The summed E-state index contributed by atoms with van der Waals surface area (Å²) in [6.45, 7) is 4.07. The first-order valence-electron chi connectivity index (χ1n) is 7.41. The van der Waals surface area contributed by atoms with E-state index < -0.39 is 0 Å². The fourth-order valence-electron chi connectivity index (χ4n) is 2.60. The number of methoxy groups -OCH3 is 1. The molecule has 1 aromatic carbocycles. The molecule has 2 amide bonds. The van der Waals surface area contributed by atoms with Gasteiger partial charge in [-0.25, -0.2) is 4.79 Å². The monoisotopic (exact) mass is 312 g/mol. The zero-order chi connectivity index (χ0) is 15.1. The van der Waals surface area contributed by atoms with Crippen molar-refractivity contribution in [1.82, 2.24) is 5.32 Å². The van der Waals surface area contributed by atoms with Crippen molar-refractivity contribution >= 4 is 23.3 Å². The van der Waals surface area contributed by atoms with Crippen molar-refractivity contribution in [3.63, 3.8) is 0 Å². The molecule has 6 heteroatoms. The summed E-state index contributed by atoms with van der Waals surface area (Å²) in [5.74, 6) is 0.594. The first kappa shape index (κ1) is 15.9. The summed E-state index contributed by atoms with van der Waals surface area (Å²) in [6, 6.07) is 4.90. The predicted molar refractivity (Wildman–Crippen MR) is 84.4 cm³/mol. The molecule has 3 N–H and O–H groups in total. The molecule has 0 saturated carbocycles. The standard InChI is InChI=1S/C15H22ClN3O2/c1-21-14-6-5-12(16)11-13(14)18-15(20)17-7-10-19-8-3-2-4-9-19/h5-6,11H,2-4,7-10H2,1H3,(H2,17,18,20)/p+1. The zero-order valence-electron chi connectivity index (χ0n) is 12.4. The number of carbonyl (C=O) groups is 1. The number of hydrogen-bond acceptors (Lipinski definition) is 2. The number of urea groups is 1. The molecule has 0 aromatic heterocycles. The number of hydrogen-bond donors (Lipinski definition) is 3. The molecule has 0 atom stereocenters. The Morgan fingerprint density at radius 1 is 1.33 bits per heavy atom. The maximum Gasteiger partial charge on any atom is 0.319 e. The highest BCUT2D eigenvalue weighted by Crippen LogP contribution is 2.27. The van der Waals surface area contributed by atoms with E-state index in [1.54, 1.807) is 30.2 Å². The molecule has 0 aliphatic carbocycles. The molecule has 1 fully saturated rings. The van der Waals surface area contributed by atoms with Crippen LogP contribution in [-0.2, 0) is 0 Å². The van der Waals surface area contributed by atoms with Gasteiger partial charge in [-0.05, 0) is 37.5 Å². The summed E-state index contributed by atoms with van der Waals surface area (Å²) in [4.78, 5) is 13.5. The Kier molecular flexibility index (Phi) is 6.14. The molecule has 21 heavy (non-hydrogen) atoms. The van der Waals surface area contributed by atoms with Crippen molar-refractivity contribution in [2.75, 3.05) is 38.6 Å². The Balaban J connectivity index is 1.77. The average molecular weight is 313 g/mol. The Morgan fingerprint density at radius 3 is 2.81 bits per heavy atom. The lowest BCUT2D eigenvalue weighted by molar-refractivity contribution is -0.903. The molecular formula is C15H23ClN3O2+. The molecule has 116 valence electrons. The lowest BCUT2D eigenvalue weighted by atomic mass is 10.1. The Hall–Kier alpha value is -1.46. The van der Waals surface area contributed by atoms with Crippen LogP contribution in [0.25, 0.3) is 0 Å². The lowest BCUT2D eigenvalue weighted by Crippen LogP contribution is -3.13. The molecule has 0 bridgehead atoms. The van der Waals surface area contributed by atoms with Gasteiger partial charge >= 0.3 is 6.03 Å². The van der Waals surface area contributed by atoms with Crippen molar-refractivity contribution in [3.8, 4) is 5.75 Å². The van der Waals surface area contributed by atoms with Crippen LogP contribution in [0.5, 0.6) is 5.75 Å². The molecule has 1 saturated heterocycles. The van der Waals surface area contributed by atoms with Gasteiger partial charge in [0.2, 0.25) is 0 Å². The van der Waals surface area contributed by atoms with E-state index in [-0.39, 0.29) is 6.03 Å². The van der Waals surface area contributed by atoms with Crippen LogP contribution in [0, 0.1) is 0 Å². The number of carbonyl (C=O) groups excluding carboxylic acids is 1. The average Bonchev–Trinajstić information content (AvgIpc) is 2.48. The summed E-state index contributed by atoms with van der Waals surface area (Å²) in [6.07, 6.45) is 3.93. The van der Waals surface area contributed by atoms with E-state index in [2.05, 4.69) is 10.6 Å². The number of nitrogens with one attached hydrogen (secondary N) is 3. The number of quaternary nitrogens is 1. The molecule has 0 spiro atoms.